The second-order valence-corrected chi connectivity index (χ2v) is 7.37. The molecule has 2 heterocycles. The van der Waals surface area contributed by atoms with Crippen molar-refractivity contribution in [2.75, 3.05) is 33.3 Å². The second kappa shape index (κ2) is 7.67. The Morgan fingerprint density at radius 1 is 1.26 bits per heavy atom. The number of ether oxygens (including phenoxy) is 1. The Balaban J connectivity index is 2.05. The fourth-order valence-corrected chi connectivity index (χ4v) is 4.41. The van der Waals surface area contributed by atoms with Crippen LogP contribution in [-0.2, 0) is 6.42 Å². The van der Waals surface area contributed by atoms with Gasteiger partial charge in [0.15, 0.2) is 0 Å². The molecule has 0 aliphatic carbocycles. The summed E-state index contributed by atoms with van der Waals surface area (Å²) in [5.74, 6) is 0.907. The van der Waals surface area contributed by atoms with E-state index in [1.165, 1.54) is 9.75 Å². The lowest BCUT2D eigenvalue weighted by atomic mass is 10.0. The second-order valence-electron chi connectivity index (χ2n) is 5.73. The Labute approximate surface area is 147 Å². The van der Waals surface area contributed by atoms with Crippen LogP contribution in [0, 0.1) is 0 Å². The van der Waals surface area contributed by atoms with Gasteiger partial charge in [0, 0.05) is 46.5 Å². The number of halogens is 1. The number of benzene rings is 1. The number of piperazine rings is 1. The summed E-state index contributed by atoms with van der Waals surface area (Å²) in [5.41, 5.74) is 1.16. The van der Waals surface area contributed by atoms with E-state index >= 15 is 0 Å². The third-order valence-electron chi connectivity index (χ3n) is 4.30. The first-order valence-electron chi connectivity index (χ1n) is 8.09. The number of hydrogen-bond acceptors (Lipinski definition) is 4. The lowest BCUT2D eigenvalue weighted by molar-refractivity contribution is 0.197. The van der Waals surface area contributed by atoms with Crippen LogP contribution in [0.15, 0.2) is 30.3 Å². The van der Waals surface area contributed by atoms with Gasteiger partial charge in [-0.15, -0.1) is 11.3 Å². The van der Waals surface area contributed by atoms with Crippen molar-refractivity contribution < 1.29 is 4.74 Å². The van der Waals surface area contributed by atoms with Crippen molar-refractivity contribution in [3.63, 3.8) is 0 Å². The number of aryl methyl sites for hydroxylation is 1. The summed E-state index contributed by atoms with van der Waals surface area (Å²) in [6.07, 6.45) is 1.08. The molecule has 1 aliphatic heterocycles. The Bertz CT molecular complexity index is 652. The molecule has 124 valence electrons. The Kier molecular flexibility index (Phi) is 5.59. The van der Waals surface area contributed by atoms with Crippen molar-refractivity contribution in [1.82, 2.24) is 10.2 Å². The molecule has 1 unspecified atom stereocenters. The van der Waals surface area contributed by atoms with Crippen LogP contribution in [0.2, 0.25) is 5.02 Å². The van der Waals surface area contributed by atoms with E-state index in [2.05, 4.69) is 35.3 Å². The monoisotopic (exact) mass is 350 g/mol. The van der Waals surface area contributed by atoms with Crippen molar-refractivity contribution in [3.05, 3.63) is 50.7 Å². The fourth-order valence-electron chi connectivity index (χ4n) is 3.12. The molecule has 0 radical (unpaired) electrons. The summed E-state index contributed by atoms with van der Waals surface area (Å²) in [5, 5.41) is 4.19. The molecule has 23 heavy (non-hydrogen) atoms. The Morgan fingerprint density at radius 2 is 2.04 bits per heavy atom. The maximum Gasteiger partial charge on any atom is 0.124 e. The highest BCUT2D eigenvalue weighted by Gasteiger charge is 2.28. The minimum Gasteiger partial charge on any atom is -0.496 e. The van der Waals surface area contributed by atoms with Crippen LogP contribution in [0.4, 0.5) is 0 Å². The standard InChI is InChI=1S/C18H23ClN2OS/c1-3-14-5-7-17(23-14)18(21-10-8-20-9-11-21)15-12-13(19)4-6-16(15)22-2/h4-7,12,18,20H,3,8-11H2,1-2H3. The van der Waals surface area contributed by atoms with E-state index in [1.54, 1.807) is 7.11 Å². The molecule has 3 rings (SSSR count). The molecule has 1 atom stereocenters. The van der Waals surface area contributed by atoms with Crippen LogP contribution in [-0.4, -0.2) is 38.2 Å². The highest BCUT2D eigenvalue weighted by Crippen LogP contribution is 2.39. The zero-order chi connectivity index (χ0) is 16.2. The largest absolute Gasteiger partial charge is 0.496 e. The molecule has 3 nitrogen and oxygen atoms in total. The maximum absolute atomic E-state index is 6.29. The minimum atomic E-state index is 0.205. The Hall–Kier alpha value is -1.07. The Morgan fingerprint density at radius 3 is 2.70 bits per heavy atom. The zero-order valence-electron chi connectivity index (χ0n) is 13.6. The van der Waals surface area contributed by atoms with Gasteiger partial charge in [0.05, 0.1) is 13.2 Å². The van der Waals surface area contributed by atoms with Crippen LogP contribution in [0.3, 0.4) is 0 Å². The number of nitrogens with one attached hydrogen (secondary N) is 1. The summed E-state index contributed by atoms with van der Waals surface area (Å²) in [7, 11) is 1.73. The summed E-state index contributed by atoms with van der Waals surface area (Å²) < 4.78 is 5.63. The van der Waals surface area contributed by atoms with Crippen molar-refractivity contribution >= 4 is 22.9 Å². The summed E-state index contributed by atoms with van der Waals surface area (Å²) in [4.78, 5) is 5.31. The number of nitrogens with zero attached hydrogens (tertiary/aromatic N) is 1. The highest BCUT2D eigenvalue weighted by atomic mass is 35.5. The van der Waals surface area contributed by atoms with Crippen LogP contribution < -0.4 is 10.1 Å². The van der Waals surface area contributed by atoms with E-state index < -0.39 is 0 Å². The number of methoxy groups -OCH3 is 1. The molecule has 1 aliphatic rings. The van der Waals surface area contributed by atoms with Gasteiger partial charge in [0.2, 0.25) is 0 Å². The lowest BCUT2D eigenvalue weighted by Crippen LogP contribution is -2.45. The van der Waals surface area contributed by atoms with Gasteiger partial charge in [-0.25, -0.2) is 0 Å². The summed E-state index contributed by atoms with van der Waals surface area (Å²) in [6.45, 7) is 6.30. The van der Waals surface area contributed by atoms with Crippen molar-refractivity contribution in [2.24, 2.45) is 0 Å². The fraction of sp³-hybridized carbons (Fsp3) is 0.444. The molecule has 0 amide bonds. The quantitative estimate of drug-likeness (QED) is 0.883. The first-order valence-corrected chi connectivity index (χ1v) is 9.29. The van der Waals surface area contributed by atoms with Crippen molar-refractivity contribution in [3.8, 4) is 5.75 Å². The van der Waals surface area contributed by atoms with Gasteiger partial charge < -0.3 is 10.1 Å². The van der Waals surface area contributed by atoms with Crippen LogP contribution in [0.1, 0.15) is 28.3 Å². The summed E-state index contributed by atoms with van der Waals surface area (Å²) in [6, 6.07) is 10.6. The zero-order valence-corrected chi connectivity index (χ0v) is 15.2. The molecular weight excluding hydrogens is 328 g/mol. The maximum atomic E-state index is 6.29. The third kappa shape index (κ3) is 3.72. The molecule has 0 saturated carbocycles. The molecule has 2 aromatic rings. The van der Waals surface area contributed by atoms with Gasteiger partial charge in [-0.2, -0.15) is 0 Å². The lowest BCUT2D eigenvalue weighted by Gasteiger charge is -2.35. The van der Waals surface area contributed by atoms with E-state index in [9.17, 15) is 0 Å². The normalized spacial score (nSPS) is 17.2. The van der Waals surface area contributed by atoms with Crippen molar-refractivity contribution in [1.29, 1.82) is 0 Å². The molecule has 1 aromatic carbocycles. The van der Waals surface area contributed by atoms with Crippen LogP contribution in [0.25, 0.3) is 0 Å². The van der Waals surface area contributed by atoms with Crippen LogP contribution >= 0.6 is 22.9 Å². The van der Waals surface area contributed by atoms with Gasteiger partial charge in [0.1, 0.15) is 5.75 Å². The van der Waals surface area contributed by atoms with Gasteiger partial charge in [-0.05, 0) is 36.8 Å². The smallest absolute Gasteiger partial charge is 0.124 e. The van der Waals surface area contributed by atoms with E-state index in [4.69, 9.17) is 16.3 Å². The van der Waals surface area contributed by atoms with E-state index in [0.29, 0.717) is 0 Å². The highest BCUT2D eigenvalue weighted by molar-refractivity contribution is 7.12. The van der Waals surface area contributed by atoms with Gasteiger partial charge in [0.25, 0.3) is 0 Å². The van der Waals surface area contributed by atoms with Gasteiger partial charge >= 0.3 is 0 Å². The van der Waals surface area contributed by atoms with Crippen LogP contribution in [0.5, 0.6) is 5.75 Å². The molecule has 5 heteroatoms. The average molecular weight is 351 g/mol. The number of rotatable bonds is 5. The first kappa shape index (κ1) is 16.8. The van der Waals surface area contributed by atoms with E-state index in [1.807, 2.05) is 23.5 Å². The predicted molar refractivity (Wildman–Crippen MR) is 98.0 cm³/mol. The van der Waals surface area contributed by atoms with Crippen molar-refractivity contribution in [2.45, 2.75) is 19.4 Å². The first-order chi connectivity index (χ1) is 11.2. The molecule has 0 bridgehead atoms. The minimum absolute atomic E-state index is 0.205. The number of thiophene rings is 1. The average Bonchev–Trinajstić information content (AvgIpc) is 3.05. The van der Waals surface area contributed by atoms with E-state index in [-0.39, 0.29) is 6.04 Å². The number of hydrogen-bond donors (Lipinski definition) is 1. The predicted octanol–water partition coefficient (Wildman–Crippen LogP) is 3.97. The molecule has 0 spiro atoms. The SMILES string of the molecule is CCc1ccc(C(c2cc(Cl)ccc2OC)N2CCNCC2)s1. The van der Waals surface area contributed by atoms with E-state index in [0.717, 1.165) is 48.9 Å². The molecular formula is C18H23ClN2OS. The summed E-state index contributed by atoms with van der Waals surface area (Å²) >= 11 is 8.19. The molecule has 1 fully saturated rings. The topological polar surface area (TPSA) is 24.5 Å². The molecule has 1 aromatic heterocycles. The molecule has 1 saturated heterocycles. The molecule has 1 N–H and O–H groups in total. The van der Waals surface area contributed by atoms with Gasteiger partial charge in [-0.3, -0.25) is 4.90 Å². The third-order valence-corrected chi connectivity index (χ3v) is 5.82. The van der Waals surface area contributed by atoms with Gasteiger partial charge in [-0.1, -0.05) is 18.5 Å².